The van der Waals surface area contributed by atoms with Gasteiger partial charge in [-0.05, 0) is 50.6 Å². The van der Waals surface area contributed by atoms with Crippen LogP contribution in [-0.2, 0) is 9.59 Å². The fourth-order valence-corrected chi connectivity index (χ4v) is 3.26. The van der Waals surface area contributed by atoms with E-state index in [1.165, 1.54) is 12.0 Å². The number of methoxy groups -OCH3 is 2. The van der Waals surface area contributed by atoms with E-state index in [0.717, 1.165) is 0 Å². The lowest BCUT2D eigenvalue weighted by molar-refractivity contribution is -0.136. The number of nitrogens with zero attached hydrogens (tertiary/aromatic N) is 1. The van der Waals surface area contributed by atoms with Crippen molar-refractivity contribution in [1.82, 2.24) is 4.90 Å². The molecule has 0 aromatic heterocycles. The third kappa shape index (κ3) is 4.10. The van der Waals surface area contributed by atoms with E-state index in [9.17, 15) is 9.59 Å². The molecule has 0 bridgehead atoms. The number of amides is 2. The standard InChI is InChI=1S/C23H26N2O5/c1-6-25-22(26)20(15-7-9-16(10-8-15)30-14(2)3)21(23(25)27)24-18-12-11-17(28-4)13-19(18)29-5/h7-14,24H,6H2,1-5H3. The van der Waals surface area contributed by atoms with Crippen molar-refractivity contribution in [2.24, 2.45) is 0 Å². The molecule has 1 heterocycles. The van der Waals surface area contributed by atoms with Crippen LogP contribution in [0.5, 0.6) is 17.2 Å². The molecule has 0 radical (unpaired) electrons. The van der Waals surface area contributed by atoms with Crippen molar-refractivity contribution in [2.45, 2.75) is 26.9 Å². The van der Waals surface area contributed by atoms with Crippen LogP contribution in [0.3, 0.4) is 0 Å². The third-order valence-corrected chi connectivity index (χ3v) is 4.67. The van der Waals surface area contributed by atoms with Crippen LogP contribution in [-0.4, -0.2) is 43.6 Å². The maximum atomic E-state index is 13.0. The molecular weight excluding hydrogens is 384 g/mol. The summed E-state index contributed by atoms with van der Waals surface area (Å²) in [7, 11) is 3.09. The molecule has 0 atom stereocenters. The zero-order chi connectivity index (χ0) is 21.8. The van der Waals surface area contributed by atoms with Gasteiger partial charge in [0.25, 0.3) is 11.8 Å². The second-order valence-corrected chi connectivity index (χ2v) is 6.99. The van der Waals surface area contributed by atoms with Gasteiger partial charge in [0.1, 0.15) is 22.9 Å². The lowest BCUT2D eigenvalue weighted by Gasteiger charge is -2.14. The Balaban J connectivity index is 2.04. The van der Waals surface area contributed by atoms with Gasteiger partial charge >= 0.3 is 0 Å². The minimum absolute atomic E-state index is 0.0418. The van der Waals surface area contributed by atoms with Gasteiger partial charge < -0.3 is 19.5 Å². The number of hydrogen-bond acceptors (Lipinski definition) is 6. The quantitative estimate of drug-likeness (QED) is 0.669. The van der Waals surface area contributed by atoms with Crippen LogP contribution in [0, 0.1) is 0 Å². The molecular formula is C23H26N2O5. The van der Waals surface area contributed by atoms with Gasteiger partial charge in [-0.2, -0.15) is 0 Å². The number of hydrogen-bond donors (Lipinski definition) is 1. The van der Waals surface area contributed by atoms with Crippen LogP contribution in [0.1, 0.15) is 26.3 Å². The van der Waals surface area contributed by atoms with E-state index in [0.29, 0.717) is 34.1 Å². The van der Waals surface area contributed by atoms with Gasteiger partial charge in [0, 0.05) is 12.6 Å². The van der Waals surface area contributed by atoms with Crippen molar-refractivity contribution < 1.29 is 23.8 Å². The summed E-state index contributed by atoms with van der Waals surface area (Å²) in [5.41, 5.74) is 1.72. The van der Waals surface area contributed by atoms with Crippen LogP contribution in [0.15, 0.2) is 48.2 Å². The second-order valence-electron chi connectivity index (χ2n) is 6.99. The minimum Gasteiger partial charge on any atom is -0.497 e. The van der Waals surface area contributed by atoms with Gasteiger partial charge in [-0.25, -0.2) is 0 Å². The predicted octanol–water partition coefficient (Wildman–Crippen LogP) is 3.70. The Kier molecular flexibility index (Phi) is 6.30. The monoisotopic (exact) mass is 410 g/mol. The predicted molar refractivity (Wildman–Crippen MR) is 115 cm³/mol. The summed E-state index contributed by atoms with van der Waals surface area (Å²) >= 11 is 0. The zero-order valence-electron chi connectivity index (χ0n) is 17.8. The van der Waals surface area contributed by atoms with Crippen molar-refractivity contribution in [3.8, 4) is 17.2 Å². The lowest BCUT2D eigenvalue weighted by Crippen LogP contribution is -2.32. The first-order chi connectivity index (χ1) is 14.4. The molecule has 0 saturated carbocycles. The van der Waals surface area contributed by atoms with E-state index < -0.39 is 0 Å². The number of anilines is 1. The number of likely N-dealkylation sites (N-methyl/N-ethyl adjacent to an activating group) is 1. The van der Waals surface area contributed by atoms with E-state index >= 15 is 0 Å². The highest BCUT2D eigenvalue weighted by Gasteiger charge is 2.38. The SMILES string of the molecule is CCN1C(=O)C(Nc2ccc(OC)cc2OC)=C(c2ccc(OC(C)C)cc2)C1=O. The molecule has 1 aliphatic rings. The van der Waals surface area contributed by atoms with E-state index in [2.05, 4.69) is 5.32 Å². The molecule has 0 saturated heterocycles. The molecule has 30 heavy (non-hydrogen) atoms. The highest BCUT2D eigenvalue weighted by molar-refractivity contribution is 6.36. The Morgan fingerprint density at radius 2 is 1.60 bits per heavy atom. The zero-order valence-corrected chi connectivity index (χ0v) is 17.8. The molecule has 0 aliphatic carbocycles. The fraction of sp³-hybridized carbons (Fsp3) is 0.304. The van der Waals surface area contributed by atoms with Crippen molar-refractivity contribution in [2.75, 3.05) is 26.1 Å². The molecule has 3 rings (SSSR count). The lowest BCUT2D eigenvalue weighted by atomic mass is 10.0. The number of nitrogens with one attached hydrogen (secondary N) is 1. The summed E-state index contributed by atoms with van der Waals surface area (Å²) in [6.07, 6.45) is 0.0418. The van der Waals surface area contributed by atoms with Gasteiger partial charge in [-0.15, -0.1) is 0 Å². The van der Waals surface area contributed by atoms with E-state index in [1.54, 1.807) is 56.5 Å². The smallest absolute Gasteiger partial charge is 0.278 e. The molecule has 158 valence electrons. The molecule has 0 unspecified atom stereocenters. The number of imide groups is 1. The molecule has 7 nitrogen and oxygen atoms in total. The largest absolute Gasteiger partial charge is 0.497 e. The first kappa shape index (κ1) is 21.2. The number of ether oxygens (including phenoxy) is 3. The highest BCUT2D eigenvalue weighted by Crippen LogP contribution is 2.35. The average molecular weight is 410 g/mol. The number of benzene rings is 2. The first-order valence-corrected chi connectivity index (χ1v) is 9.76. The normalized spacial score (nSPS) is 13.9. The van der Waals surface area contributed by atoms with E-state index in [1.807, 2.05) is 13.8 Å². The van der Waals surface area contributed by atoms with Crippen LogP contribution < -0.4 is 19.5 Å². The third-order valence-electron chi connectivity index (χ3n) is 4.67. The topological polar surface area (TPSA) is 77.1 Å². The summed E-state index contributed by atoms with van der Waals surface area (Å²) in [5.74, 6) is 1.10. The first-order valence-electron chi connectivity index (χ1n) is 9.76. The van der Waals surface area contributed by atoms with Gasteiger partial charge in [0.2, 0.25) is 0 Å². The Morgan fingerprint density at radius 3 is 2.17 bits per heavy atom. The molecule has 2 amide bonds. The van der Waals surface area contributed by atoms with E-state index in [-0.39, 0.29) is 30.2 Å². The summed E-state index contributed by atoms with van der Waals surface area (Å²) in [5, 5.41) is 3.11. The Bertz CT molecular complexity index is 980. The molecule has 1 aliphatic heterocycles. The van der Waals surface area contributed by atoms with Crippen LogP contribution in [0.25, 0.3) is 5.57 Å². The average Bonchev–Trinajstić information content (AvgIpc) is 2.97. The maximum absolute atomic E-state index is 13.0. The summed E-state index contributed by atoms with van der Waals surface area (Å²) in [6.45, 7) is 5.93. The fourth-order valence-electron chi connectivity index (χ4n) is 3.26. The molecule has 2 aromatic carbocycles. The molecule has 7 heteroatoms. The van der Waals surface area contributed by atoms with Crippen LogP contribution in [0.2, 0.25) is 0 Å². The summed E-state index contributed by atoms with van der Waals surface area (Å²) < 4.78 is 16.3. The van der Waals surface area contributed by atoms with Crippen molar-refractivity contribution in [3.05, 3.63) is 53.7 Å². The van der Waals surface area contributed by atoms with Gasteiger partial charge in [-0.3, -0.25) is 14.5 Å². The second kappa shape index (κ2) is 8.90. The van der Waals surface area contributed by atoms with E-state index in [4.69, 9.17) is 14.2 Å². The Morgan fingerprint density at radius 1 is 0.933 bits per heavy atom. The van der Waals surface area contributed by atoms with Crippen molar-refractivity contribution in [1.29, 1.82) is 0 Å². The maximum Gasteiger partial charge on any atom is 0.278 e. The number of carbonyl (C=O) groups excluding carboxylic acids is 2. The summed E-state index contributed by atoms with van der Waals surface area (Å²) in [6, 6.07) is 12.4. The highest BCUT2D eigenvalue weighted by atomic mass is 16.5. The van der Waals surface area contributed by atoms with Crippen LogP contribution in [0.4, 0.5) is 5.69 Å². The molecule has 2 aromatic rings. The van der Waals surface area contributed by atoms with Crippen LogP contribution >= 0.6 is 0 Å². The van der Waals surface area contributed by atoms with Gasteiger partial charge in [-0.1, -0.05) is 12.1 Å². The van der Waals surface area contributed by atoms with Crippen molar-refractivity contribution >= 4 is 23.1 Å². The molecule has 0 fully saturated rings. The summed E-state index contributed by atoms with van der Waals surface area (Å²) in [4.78, 5) is 27.2. The minimum atomic E-state index is -0.377. The Labute approximate surface area is 176 Å². The number of rotatable bonds is 8. The number of carbonyl (C=O) groups is 2. The molecule has 1 N–H and O–H groups in total. The van der Waals surface area contributed by atoms with Gasteiger partial charge in [0.05, 0.1) is 31.6 Å². The Hall–Kier alpha value is -3.48. The van der Waals surface area contributed by atoms with Crippen molar-refractivity contribution in [3.63, 3.8) is 0 Å². The molecule has 0 spiro atoms. The van der Waals surface area contributed by atoms with Gasteiger partial charge in [0.15, 0.2) is 0 Å².